The number of nitrogens with zero attached hydrogens (tertiary/aromatic N) is 2. The van der Waals surface area contributed by atoms with Gasteiger partial charge in [-0.2, -0.15) is 0 Å². The highest BCUT2D eigenvalue weighted by Crippen LogP contribution is 2.08. The molecule has 1 aromatic rings. The standard InChI is InChI=1S/C9H13N3O2/c1-7-5-11-8(14-7)6-12-4-2-3-10-9(12)13/h5H,2-4,6H2,1H3,(H,10,13). The van der Waals surface area contributed by atoms with Crippen LogP contribution in [0.25, 0.3) is 0 Å². The fraction of sp³-hybridized carbons (Fsp3) is 0.556. The minimum absolute atomic E-state index is 0.0351. The summed E-state index contributed by atoms with van der Waals surface area (Å²) >= 11 is 0. The number of carbonyl (C=O) groups excluding carboxylic acids is 1. The number of oxazole rings is 1. The first-order valence-corrected chi connectivity index (χ1v) is 4.70. The minimum Gasteiger partial charge on any atom is -0.444 e. The highest BCUT2D eigenvalue weighted by Gasteiger charge is 2.19. The molecule has 0 saturated carbocycles. The molecule has 5 nitrogen and oxygen atoms in total. The third-order valence-electron chi connectivity index (χ3n) is 2.16. The van der Waals surface area contributed by atoms with Crippen LogP contribution in [0, 0.1) is 6.92 Å². The Hall–Kier alpha value is -1.52. The lowest BCUT2D eigenvalue weighted by Crippen LogP contribution is -2.45. The molecule has 0 atom stereocenters. The molecular formula is C9H13N3O2. The van der Waals surface area contributed by atoms with E-state index in [1.54, 1.807) is 11.1 Å². The van der Waals surface area contributed by atoms with E-state index >= 15 is 0 Å². The van der Waals surface area contributed by atoms with E-state index in [4.69, 9.17) is 4.42 Å². The average molecular weight is 195 g/mol. The van der Waals surface area contributed by atoms with Gasteiger partial charge in [-0.05, 0) is 13.3 Å². The summed E-state index contributed by atoms with van der Waals surface area (Å²) in [6.07, 6.45) is 2.64. The molecule has 2 amide bonds. The van der Waals surface area contributed by atoms with Crippen LogP contribution in [0.3, 0.4) is 0 Å². The van der Waals surface area contributed by atoms with Crippen LogP contribution in [0.5, 0.6) is 0 Å². The zero-order chi connectivity index (χ0) is 9.97. The zero-order valence-corrected chi connectivity index (χ0v) is 8.12. The van der Waals surface area contributed by atoms with Crippen LogP contribution < -0.4 is 5.32 Å². The molecule has 76 valence electrons. The lowest BCUT2D eigenvalue weighted by atomic mass is 10.3. The average Bonchev–Trinajstić information content (AvgIpc) is 2.56. The van der Waals surface area contributed by atoms with Crippen LogP contribution in [-0.4, -0.2) is 29.0 Å². The van der Waals surface area contributed by atoms with E-state index in [1.165, 1.54) is 0 Å². The molecule has 2 heterocycles. The van der Waals surface area contributed by atoms with Crippen LogP contribution in [0.1, 0.15) is 18.1 Å². The maximum Gasteiger partial charge on any atom is 0.317 e. The zero-order valence-electron chi connectivity index (χ0n) is 8.12. The highest BCUT2D eigenvalue weighted by atomic mass is 16.4. The Balaban J connectivity index is 1.99. The largest absolute Gasteiger partial charge is 0.444 e. The smallest absolute Gasteiger partial charge is 0.317 e. The summed E-state index contributed by atoms with van der Waals surface area (Å²) in [5.74, 6) is 1.37. The molecule has 0 aliphatic carbocycles. The normalized spacial score (nSPS) is 16.9. The van der Waals surface area contributed by atoms with Crippen molar-refractivity contribution in [2.24, 2.45) is 0 Å². The molecule has 5 heteroatoms. The van der Waals surface area contributed by atoms with Crippen molar-refractivity contribution in [1.29, 1.82) is 0 Å². The van der Waals surface area contributed by atoms with Gasteiger partial charge in [-0.3, -0.25) is 0 Å². The Kier molecular flexibility index (Phi) is 2.39. The van der Waals surface area contributed by atoms with E-state index in [9.17, 15) is 4.79 Å². The van der Waals surface area contributed by atoms with Gasteiger partial charge in [-0.15, -0.1) is 0 Å². The van der Waals surface area contributed by atoms with E-state index in [0.29, 0.717) is 12.4 Å². The van der Waals surface area contributed by atoms with Gasteiger partial charge in [0.25, 0.3) is 0 Å². The molecule has 0 radical (unpaired) electrons. The van der Waals surface area contributed by atoms with Crippen molar-refractivity contribution in [3.8, 4) is 0 Å². The Morgan fingerprint density at radius 3 is 3.21 bits per heavy atom. The fourth-order valence-corrected chi connectivity index (χ4v) is 1.47. The van der Waals surface area contributed by atoms with Crippen molar-refractivity contribution < 1.29 is 9.21 Å². The molecule has 1 aromatic heterocycles. The van der Waals surface area contributed by atoms with Gasteiger partial charge in [-0.1, -0.05) is 0 Å². The molecule has 0 aromatic carbocycles. The SMILES string of the molecule is Cc1cnc(CN2CCCNC2=O)o1. The molecule has 0 bridgehead atoms. The van der Waals surface area contributed by atoms with Gasteiger partial charge in [-0.25, -0.2) is 9.78 Å². The van der Waals surface area contributed by atoms with Crippen LogP contribution in [-0.2, 0) is 6.54 Å². The number of hydrogen-bond donors (Lipinski definition) is 1. The lowest BCUT2D eigenvalue weighted by Gasteiger charge is -2.25. The maximum atomic E-state index is 11.4. The van der Waals surface area contributed by atoms with Gasteiger partial charge in [0.1, 0.15) is 5.76 Å². The van der Waals surface area contributed by atoms with E-state index in [2.05, 4.69) is 10.3 Å². The first-order valence-electron chi connectivity index (χ1n) is 4.70. The highest BCUT2D eigenvalue weighted by molar-refractivity contribution is 5.74. The molecule has 1 aliphatic rings. The molecule has 1 N–H and O–H groups in total. The molecule has 2 rings (SSSR count). The molecule has 1 saturated heterocycles. The van der Waals surface area contributed by atoms with Crippen LogP contribution in [0.4, 0.5) is 4.79 Å². The number of urea groups is 1. The van der Waals surface area contributed by atoms with Gasteiger partial charge in [0.15, 0.2) is 0 Å². The molecular weight excluding hydrogens is 182 g/mol. The van der Waals surface area contributed by atoms with Crippen molar-refractivity contribution in [3.05, 3.63) is 17.8 Å². The summed E-state index contributed by atoms with van der Waals surface area (Å²) in [4.78, 5) is 17.1. The Morgan fingerprint density at radius 2 is 2.57 bits per heavy atom. The molecule has 0 unspecified atom stereocenters. The predicted molar refractivity (Wildman–Crippen MR) is 49.7 cm³/mol. The number of rotatable bonds is 2. The maximum absolute atomic E-state index is 11.4. The van der Waals surface area contributed by atoms with E-state index in [1.807, 2.05) is 6.92 Å². The summed E-state index contributed by atoms with van der Waals surface area (Å²) in [6.45, 7) is 3.83. The number of hydrogen-bond acceptors (Lipinski definition) is 3. The second-order valence-electron chi connectivity index (χ2n) is 3.37. The van der Waals surface area contributed by atoms with E-state index in [0.717, 1.165) is 25.3 Å². The number of amides is 2. The Morgan fingerprint density at radius 1 is 1.71 bits per heavy atom. The molecule has 14 heavy (non-hydrogen) atoms. The molecule has 1 fully saturated rings. The number of nitrogens with one attached hydrogen (secondary N) is 1. The van der Waals surface area contributed by atoms with Crippen molar-refractivity contribution in [2.75, 3.05) is 13.1 Å². The minimum atomic E-state index is -0.0351. The van der Waals surface area contributed by atoms with Crippen molar-refractivity contribution in [1.82, 2.24) is 15.2 Å². The quantitative estimate of drug-likeness (QED) is 0.762. The van der Waals surface area contributed by atoms with E-state index < -0.39 is 0 Å². The van der Waals surface area contributed by atoms with Crippen molar-refractivity contribution in [2.45, 2.75) is 19.9 Å². The first-order chi connectivity index (χ1) is 6.75. The van der Waals surface area contributed by atoms with E-state index in [-0.39, 0.29) is 6.03 Å². The van der Waals surface area contributed by atoms with Crippen LogP contribution >= 0.6 is 0 Å². The summed E-state index contributed by atoms with van der Waals surface area (Å²) < 4.78 is 5.30. The summed E-state index contributed by atoms with van der Waals surface area (Å²) in [5.41, 5.74) is 0. The Labute approximate surface area is 82.1 Å². The third-order valence-corrected chi connectivity index (χ3v) is 2.16. The van der Waals surface area contributed by atoms with Crippen molar-refractivity contribution >= 4 is 6.03 Å². The Bertz CT molecular complexity index is 335. The van der Waals surface area contributed by atoms with Gasteiger partial charge < -0.3 is 14.6 Å². The summed E-state index contributed by atoms with van der Waals surface area (Å²) in [6, 6.07) is -0.0351. The number of aryl methyl sites for hydroxylation is 1. The van der Waals surface area contributed by atoms with Gasteiger partial charge in [0.05, 0.1) is 12.7 Å². The topological polar surface area (TPSA) is 58.4 Å². The van der Waals surface area contributed by atoms with Crippen LogP contribution in [0.2, 0.25) is 0 Å². The monoisotopic (exact) mass is 195 g/mol. The van der Waals surface area contributed by atoms with Crippen LogP contribution in [0.15, 0.2) is 10.6 Å². The molecule has 1 aliphatic heterocycles. The van der Waals surface area contributed by atoms with Gasteiger partial charge >= 0.3 is 6.03 Å². The predicted octanol–water partition coefficient (Wildman–Crippen LogP) is 0.898. The second kappa shape index (κ2) is 3.69. The fourth-order valence-electron chi connectivity index (χ4n) is 1.47. The lowest BCUT2D eigenvalue weighted by molar-refractivity contribution is 0.177. The van der Waals surface area contributed by atoms with Gasteiger partial charge in [0.2, 0.25) is 5.89 Å². The van der Waals surface area contributed by atoms with Gasteiger partial charge in [0, 0.05) is 13.1 Å². The molecule has 0 spiro atoms. The second-order valence-corrected chi connectivity index (χ2v) is 3.37. The number of aromatic nitrogens is 1. The summed E-state index contributed by atoms with van der Waals surface area (Å²) in [5, 5.41) is 2.78. The van der Waals surface area contributed by atoms with Crippen molar-refractivity contribution in [3.63, 3.8) is 0 Å². The summed E-state index contributed by atoms with van der Waals surface area (Å²) in [7, 11) is 0. The number of carbonyl (C=O) groups is 1. The third kappa shape index (κ3) is 1.86. The first kappa shape index (κ1) is 9.05.